The number of carbonyl (C=O) groups excluding carboxylic acids is 1. The highest BCUT2D eigenvalue weighted by atomic mass is 16.6. The molecule has 2 aromatic rings. The van der Waals surface area contributed by atoms with Crippen LogP contribution in [0.3, 0.4) is 0 Å². The molecule has 0 radical (unpaired) electrons. The van der Waals surface area contributed by atoms with Crippen molar-refractivity contribution in [2.45, 2.75) is 6.61 Å². The van der Waals surface area contributed by atoms with Crippen LogP contribution in [0.2, 0.25) is 0 Å². The van der Waals surface area contributed by atoms with Gasteiger partial charge in [-0.25, -0.2) is 0 Å². The summed E-state index contributed by atoms with van der Waals surface area (Å²) in [5.74, 6) is -0.0253. The van der Waals surface area contributed by atoms with Gasteiger partial charge in [0.05, 0.1) is 18.1 Å². The second kappa shape index (κ2) is 8.66. The van der Waals surface area contributed by atoms with E-state index in [1.54, 1.807) is 19.0 Å². The molecule has 0 aromatic heterocycles. The fourth-order valence-electron chi connectivity index (χ4n) is 2.21. The van der Waals surface area contributed by atoms with Gasteiger partial charge in [-0.3, -0.25) is 14.9 Å². The molecule has 7 nitrogen and oxygen atoms in total. The van der Waals surface area contributed by atoms with Crippen molar-refractivity contribution in [2.24, 2.45) is 0 Å². The number of nitro groups is 1. The number of nitrogens with zero attached hydrogens (tertiary/aromatic N) is 2. The number of methoxy groups -OCH3 is 1. The van der Waals surface area contributed by atoms with Crippen molar-refractivity contribution in [1.82, 2.24) is 4.90 Å². The Kier molecular flexibility index (Phi) is 6.32. The highest BCUT2D eigenvalue weighted by molar-refractivity contribution is 6.07. The summed E-state index contributed by atoms with van der Waals surface area (Å²) in [7, 11) is 4.92. The van der Waals surface area contributed by atoms with Gasteiger partial charge < -0.3 is 14.4 Å². The number of rotatable bonds is 8. The second-order valence-corrected chi connectivity index (χ2v) is 5.70. The monoisotopic (exact) mass is 356 g/mol. The molecular weight excluding hydrogens is 336 g/mol. The molecule has 2 aromatic carbocycles. The Morgan fingerprint density at radius 3 is 2.46 bits per heavy atom. The molecule has 0 bridgehead atoms. The normalized spacial score (nSPS) is 10.6. The van der Waals surface area contributed by atoms with Gasteiger partial charge in [0.1, 0.15) is 12.2 Å². The van der Waals surface area contributed by atoms with E-state index in [-0.39, 0.29) is 29.4 Å². The molecule has 136 valence electrons. The van der Waals surface area contributed by atoms with Crippen molar-refractivity contribution in [3.8, 4) is 11.5 Å². The van der Waals surface area contributed by atoms with Crippen LogP contribution in [-0.4, -0.2) is 36.8 Å². The summed E-state index contributed by atoms with van der Waals surface area (Å²) >= 11 is 0. The molecule has 0 N–H and O–H groups in total. The first-order valence-electron chi connectivity index (χ1n) is 7.84. The second-order valence-electron chi connectivity index (χ2n) is 5.70. The molecule has 0 amide bonds. The van der Waals surface area contributed by atoms with E-state index < -0.39 is 10.7 Å². The summed E-state index contributed by atoms with van der Waals surface area (Å²) in [5, 5.41) is 11.4. The van der Waals surface area contributed by atoms with Crippen LogP contribution in [0.15, 0.2) is 54.7 Å². The van der Waals surface area contributed by atoms with E-state index in [9.17, 15) is 14.9 Å². The minimum absolute atomic E-state index is 0.0583. The van der Waals surface area contributed by atoms with Crippen LogP contribution in [0.4, 0.5) is 5.69 Å². The van der Waals surface area contributed by atoms with Gasteiger partial charge in [0, 0.05) is 32.4 Å². The molecule has 0 spiro atoms. The van der Waals surface area contributed by atoms with E-state index in [2.05, 4.69) is 0 Å². The average Bonchev–Trinajstić information content (AvgIpc) is 2.64. The van der Waals surface area contributed by atoms with Crippen LogP contribution in [0, 0.1) is 10.1 Å². The van der Waals surface area contributed by atoms with Crippen molar-refractivity contribution in [2.75, 3.05) is 21.2 Å². The summed E-state index contributed by atoms with van der Waals surface area (Å²) in [6.45, 7) is 0.224. The van der Waals surface area contributed by atoms with Gasteiger partial charge in [0.15, 0.2) is 17.3 Å². The van der Waals surface area contributed by atoms with Gasteiger partial charge in [-0.05, 0) is 5.56 Å². The molecule has 0 saturated heterocycles. The summed E-state index contributed by atoms with van der Waals surface area (Å²) in [6.07, 6.45) is 2.80. The quantitative estimate of drug-likeness (QED) is 0.312. The van der Waals surface area contributed by atoms with Gasteiger partial charge in [-0.2, -0.15) is 0 Å². The molecule has 0 heterocycles. The molecule has 7 heteroatoms. The third kappa shape index (κ3) is 4.83. The Morgan fingerprint density at radius 2 is 1.88 bits per heavy atom. The molecule has 2 rings (SSSR count). The van der Waals surface area contributed by atoms with Gasteiger partial charge >= 0.3 is 0 Å². The van der Waals surface area contributed by atoms with Crippen molar-refractivity contribution in [3.63, 3.8) is 0 Å². The van der Waals surface area contributed by atoms with E-state index in [1.807, 2.05) is 30.3 Å². The molecule has 0 fully saturated rings. The lowest BCUT2D eigenvalue weighted by Crippen LogP contribution is -2.07. The number of ketones is 1. The van der Waals surface area contributed by atoms with Crippen molar-refractivity contribution in [3.05, 3.63) is 76.0 Å². The smallest absolute Gasteiger partial charge is 0.284 e. The predicted octanol–water partition coefficient (Wildman–Crippen LogP) is 3.44. The van der Waals surface area contributed by atoms with Gasteiger partial charge in [0.25, 0.3) is 5.69 Å². The predicted molar refractivity (Wildman–Crippen MR) is 97.6 cm³/mol. The first kappa shape index (κ1) is 19.0. The molecule has 0 aliphatic rings. The molecule has 0 saturated carbocycles. The van der Waals surface area contributed by atoms with Crippen LogP contribution >= 0.6 is 0 Å². The summed E-state index contributed by atoms with van der Waals surface area (Å²) in [4.78, 5) is 24.8. The number of carbonyl (C=O) groups is 1. The Bertz CT molecular complexity index is 816. The number of hydrogen-bond acceptors (Lipinski definition) is 6. The number of benzene rings is 2. The molecule has 26 heavy (non-hydrogen) atoms. The minimum Gasteiger partial charge on any atom is -0.493 e. The molecule has 0 atom stereocenters. The maximum Gasteiger partial charge on any atom is 0.284 e. The molecule has 0 unspecified atom stereocenters. The summed E-state index contributed by atoms with van der Waals surface area (Å²) in [5.41, 5.74) is 0.519. The number of nitro benzene ring substituents is 1. The van der Waals surface area contributed by atoms with E-state index in [0.717, 1.165) is 5.56 Å². The summed E-state index contributed by atoms with van der Waals surface area (Å²) in [6, 6.07) is 11.9. The van der Waals surface area contributed by atoms with E-state index in [4.69, 9.17) is 9.47 Å². The van der Waals surface area contributed by atoms with Crippen molar-refractivity contribution < 1.29 is 19.2 Å². The van der Waals surface area contributed by atoms with E-state index in [0.29, 0.717) is 0 Å². The Morgan fingerprint density at radius 1 is 1.19 bits per heavy atom. The fraction of sp³-hybridized carbons (Fsp3) is 0.211. The maximum atomic E-state index is 12.3. The van der Waals surface area contributed by atoms with Gasteiger partial charge in [-0.15, -0.1) is 0 Å². The van der Waals surface area contributed by atoms with Crippen molar-refractivity contribution in [1.29, 1.82) is 0 Å². The van der Waals surface area contributed by atoms with Crippen LogP contribution in [-0.2, 0) is 6.61 Å². The lowest BCUT2D eigenvalue weighted by molar-refractivity contribution is -0.385. The lowest BCUT2D eigenvalue weighted by Gasteiger charge is -2.12. The Hall–Kier alpha value is -3.35. The average molecular weight is 356 g/mol. The van der Waals surface area contributed by atoms with Crippen LogP contribution < -0.4 is 9.47 Å². The van der Waals surface area contributed by atoms with Gasteiger partial charge in [0.2, 0.25) is 0 Å². The SMILES string of the molecule is COc1cc(C(=O)C=CN(C)C)c([N+](=O)[O-])cc1OCc1ccccc1. The van der Waals surface area contributed by atoms with Crippen molar-refractivity contribution >= 4 is 11.5 Å². The highest BCUT2D eigenvalue weighted by Gasteiger charge is 2.23. The Labute approximate surface area is 151 Å². The van der Waals surface area contributed by atoms with Gasteiger partial charge in [-0.1, -0.05) is 30.3 Å². The highest BCUT2D eigenvalue weighted by Crippen LogP contribution is 2.35. The van der Waals surface area contributed by atoms with Crippen LogP contribution in [0.5, 0.6) is 11.5 Å². The largest absolute Gasteiger partial charge is 0.493 e. The lowest BCUT2D eigenvalue weighted by atomic mass is 10.1. The first-order valence-corrected chi connectivity index (χ1v) is 7.84. The van der Waals surface area contributed by atoms with E-state index in [1.165, 1.54) is 31.5 Å². The number of ether oxygens (including phenoxy) is 2. The zero-order valence-electron chi connectivity index (χ0n) is 14.8. The van der Waals surface area contributed by atoms with E-state index >= 15 is 0 Å². The maximum absolute atomic E-state index is 12.3. The third-order valence-corrected chi connectivity index (χ3v) is 3.51. The van der Waals surface area contributed by atoms with Crippen LogP contribution in [0.25, 0.3) is 0 Å². The molecule has 0 aliphatic heterocycles. The zero-order valence-corrected chi connectivity index (χ0v) is 14.8. The number of hydrogen-bond donors (Lipinski definition) is 0. The minimum atomic E-state index is -0.606. The molecular formula is C19H20N2O5. The Balaban J connectivity index is 2.36. The topological polar surface area (TPSA) is 81.9 Å². The third-order valence-electron chi connectivity index (χ3n) is 3.51. The molecule has 0 aliphatic carbocycles. The first-order chi connectivity index (χ1) is 12.4. The standard InChI is InChI=1S/C19H20N2O5/c1-20(2)10-9-17(22)15-11-18(25-3)19(12-16(15)21(23)24)26-13-14-7-5-4-6-8-14/h4-12H,13H2,1-3H3. The number of allylic oxidation sites excluding steroid dienone is 1. The zero-order chi connectivity index (χ0) is 19.1. The summed E-state index contributed by atoms with van der Waals surface area (Å²) < 4.78 is 10.9. The van der Waals surface area contributed by atoms with Crippen LogP contribution in [0.1, 0.15) is 15.9 Å². The fourth-order valence-corrected chi connectivity index (χ4v) is 2.21.